The molecule has 0 unspecified atom stereocenters. The highest BCUT2D eigenvalue weighted by molar-refractivity contribution is 7.98. The summed E-state index contributed by atoms with van der Waals surface area (Å²) in [6, 6.07) is 13.2. The van der Waals surface area contributed by atoms with Gasteiger partial charge in [-0.15, -0.1) is 0 Å². The molecule has 144 valence electrons. The predicted octanol–water partition coefficient (Wildman–Crippen LogP) is 3.60. The topological polar surface area (TPSA) is 68.2 Å². The van der Waals surface area contributed by atoms with Gasteiger partial charge in [0.15, 0.2) is 0 Å². The molecule has 0 saturated carbocycles. The standard InChI is InChI=1S/C19H22N2O3S3/c1-3-21-17-9-8-16(12-18(17)26-19(21)22)27(23,24)20-10-11-25-13-15-6-4-14(2)5-7-15/h4-9,12,20H,3,10-11,13H2,1-2H3. The largest absolute Gasteiger partial charge is 0.308 e. The van der Waals surface area contributed by atoms with E-state index < -0.39 is 10.0 Å². The van der Waals surface area contributed by atoms with Crippen molar-refractivity contribution in [3.8, 4) is 0 Å². The molecule has 0 radical (unpaired) electrons. The van der Waals surface area contributed by atoms with Gasteiger partial charge in [0.25, 0.3) is 0 Å². The van der Waals surface area contributed by atoms with E-state index >= 15 is 0 Å². The fourth-order valence-corrected chi connectivity index (χ4v) is 5.79. The Hall–Kier alpha value is -1.61. The molecule has 0 atom stereocenters. The number of aryl methyl sites for hydroxylation is 2. The molecule has 0 fully saturated rings. The molecule has 0 bridgehead atoms. The molecule has 0 aliphatic heterocycles. The van der Waals surface area contributed by atoms with E-state index in [4.69, 9.17) is 0 Å². The fraction of sp³-hybridized carbons (Fsp3) is 0.316. The van der Waals surface area contributed by atoms with Crippen LogP contribution in [0.2, 0.25) is 0 Å². The molecule has 2 aromatic carbocycles. The summed E-state index contributed by atoms with van der Waals surface area (Å²) in [7, 11) is -3.58. The fourth-order valence-electron chi connectivity index (χ4n) is 2.72. The van der Waals surface area contributed by atoms with Crippen molar-refractivity contribution in [2.45, 2.75) is 31.0 Å². The van der Waals surface area contributed by atoms with Crippen molar-refractivity contribution in [2.24, 2.45) is 0 Å². The van der Waals surface area contributed by atoms with E-state index in [0.717, 1.165) is 22.6 Å². The second kappa shape index (κ2) is 8.60. The number of sulfonamides is 1. The SMILES string of the molecule is CCn1c(=O)sc2cc(S(=O)(=O)NCCSCc3ccc(C)cc3)ccc21. The molecule has 3 rings (SSSR count). The number of nitrogens with zero attached hydrogens (tertiary/aromatic N) is 1. The Morgan fingerprint density at radius 3 is 2.59 bits per heavy atom. The molecule has 1 N–H and O–H groups in total. The Kier molecular flexibility index (Phi) is 6.41. The van der Waals surface area contributed by atoms with E-state index in [-0.39, 0.29) is 9.77 Å². The van der Waals surface area contributed by atoms with E-state index in [1.165, 1.54) is 11.1 Å². The second-order valence-corrected chi connectivity index (χ2v) is 10.0. The summed E-state index contributed by atoms with van der Waals surface area (Å²) in [4.78, 5) is 12.1. The number of benzene rings is 2. The first-order valence-corrected chi connectivity index (χ1v) is 12.1. The first-order chi connectivity index (χ1) is 12.9. The Balaban J connectivity index is 1.58. The summed E-state index contributed by atoms with van der Waals surface area (Å²) in [5, 5.41) is 0. The molecule has 0 saturated heterocycles. The molecule has 5 nitrogen and oxygen atoms in total. The van der Waals surface area contributed by atoms with Crippen molar-refractivity contribution in [3.63, 3.8) is 0 Å². The molecule has 0 spiro atoms. The normalized spacial score (nSPS) is 11.9. The van der Waals surface area contributed by atoms with Gasteiger partial charge >= 0.3 is 4.87 Å². The van der Waals surface area contributed by atoms with Crippen molar-refractivity contribution in [3.05, 3.63) is 63.3 Å². The lowest BCUT2D eigenvalue weighted by atomic mass is 10.2. The maximum atomic E-state index is 12.5. The first-order valence-electron chi connectivity index (χ1n) is 8.67. The van der Waals surface area contributed by atoms with Crippen LogP contribution < -0.4 is 9.60 Å². The third-order valence-electron chi connectivity index (χ3n) is 4.19. The Labute approximate surface area is 167 Å². The molecule has 3 aromatic rings. The van der Waals surface area contributed by atoms with Crippen molar-refractivity contribution >= 4 is 43.3 Å². The number of nitrogens with one attached hydrogen (secondary N) is 1. The van der Waals surface area contributed by atoms with Crippen LogP contribution in [0.25, 0.3) is 10.2 Å². The Morgan fingerprint density at radius 2 is 1.89 bits per heavy atom. The maximum absolute atomic E-state index is 12.5. The van der Waals surface area contributed by atoms with Gasteiger partial charge < -0.3 is 0 Å². The first kappa shape index (κ1) is 20.1. The van der Waals surface area contributed by atoms with Crippen LogP contribution in [0.4, 0.5) is 0 Å². The van der Waals surface area contributed by atoms with Gasteiger partial charge in [0, 0.05) is 24.6 Å². The van der Waals surface area contributed by atoms with Gasteiger partial charge in [-0.05, 0) is 37.6 Å². The molecule has 1 aromatic heterocycles. The predicted molar refractivity (Wildman–Crippen MR) is 114 cm³/mol. The summed E-state index contributed by atoms with van der Waals surface area (Å²) < 4.78 is 30.0. The van der Waals surface area contributed by atoms with Gasteiger partial charge in [-0.3, -0.25) is 9.36 Å². The molecular weight excluding hydrogens is 400 g/mol. The smallest absolute Gasteiger partial charge is 0.299 e. The van der Waals surface area contributed by atoms with Crippen molar-refractivity contribution in [2.75, 3.05) is 12.3 Å². The van der Waals surface area contributed by atoms with Gasteiger partial charge in [-0.1, -0.05) is 41.2 Å². The van der Waals surface area contributed by atoms with Crippen molar-refractivity contribution in [1.29, 1.82) is 0 Å². The molecule has 0 amide bonds. The van der Waals surface area contributed by atoms with E-state index in [0.29, 0.717) is 23.5 Å². The number of rotatable bonds is 8. The van der Waals surface area contributed by atoms with Crippen LogP contribution in [0.5, 0.6) is 0 Å². The van der Waals surface area contributed by atoms with Crippen molar-refractivity contribution < 1.29 is 8.42 Å². The number of thiazole rings is 1. The van der Waals surface area contributed by atoms with E-state index in [1.54, 1.807) is 34.5 Å². The average molecular weight is 423 g/mol. The average Bonchev–Trinajstić information content (AvgIpc) is 2.97. The zero-order valence-electron chi connectivity index (χ0n) is 15.3. The molecule has 0 aliphatic rings. The van der Waals surface area contributed by atoms with Crippen LogP contribution in [0, 0.1) is 6.92 Å². The third kappa shape index (κ3) is 4.82. The lowest BCUT2D eigenvalue weighted by molar-refractivity contribution is 0.584. The van der Waals surface area contributed by atoms with Crippen LogP contribution >= 0.6 is 23.1 Å². The summed E-state index contributed by atoms with van der Waals surface area (Å²) >= 11 is 2.76. The summed E-state index contributed by atoms with van der Waals surface area (Å²) in [5.41, 5.74) is 3.24. The summed E-state index contributed by atoms with van der Waals surface area (Å²) in [5.74, 6) is 1.54. The number of thioether (sulfide) groups is 1. The monoisotopic (exact) mass is 422 g/mol. The summed E-state index contributed by atoms with van der Waals surface area (Å²) in [6.45, 7) is 4.89. The lowest BCUT2D eigenvalue weighted by Gasteiger charge is -2.07. The number of hydrogen-bond acceptors (Lipinski definition) is 5. The summed E-state index contributed by atoms with van der Waals surface area (Å²) in [6.07, 6.45) is 0. The van der Waals surface area contributed by atoms with Crippen LogP contribution in [-0.4, -0.2) is 25.3 Å². The van der Waals surface area contributed by atoms with Crippen molar-refractivity contribution in [1.82, 2.24) is 9.29 Å². The lowest BCUT2D eigenvalue weighted by Crippen LogP contribution is -2.26. The molecule has 8 heteroatoms. The number of fused-ring (bicyclic) bond motifs is 1. The van der Waals surface area contributed by atoms with Gasteiger partial charge in [0.1, 0.15) is 0 Å². The Morgan fingerprint density at radius 1 is 1.15 bits per heavy atom. The van der Waals surface area contributed by atoms with Gasteiger partial charge in [0.2, 0.25) is 10.0 Å². The maximum Gasteiger partial charge on any atom is 0.308 e. The minimum absolute atomic E-state index is 0.0671. The van der Waals surface area contributed by atoms with Crippen LogP contribution in [0.15, 0.2) is 52.2 Å². The molecule has 27 heavy (non-hydrogen) atoms. The van der Waals surface area contributed by atoms with Crippen LogP contribution in [0.1, 0.15) is 18.1 Å². The minimum atomic E-state index is -3.58. The molecule has 1 heterocycles. The van der Waals surface area contributed by atoms with Crippen LogP contribution in [0.3, 0.4) is 0 Å². The highest BCUT2D eigenvalue weighted by atomic mass is 32.2. The van der Waals surface area contributed by atoms with E-state index in [2.05, 4.69) is 35.9 Å². The zero-order chi connectivity index (χ0) is 19.4. The van der Waals surface area contributed by atoms with E-state index in [1.807, 2.05) is 6.92 Å². The van der Waals surface area contributed by atoms with Gasteiger partial charge in [0.05, 0.1) is 15.1 Å². The quantitative estimate of drug-likeness (QED) is 0.563. The van der Waals surface area contributed by atoms with Crippen LogP contribution in [-0.2, 0) is 22.3 Å². The van der Waals surface area contributed by atoms with Gasteiger partial charge in [-0.2, -0.15) is 11.8 Å². The third-order valence-corrected chi connectivity index (χ3v) is 7.62. The highest BCUT2D eigenvalue weighted by Gasteiger charge is 2.16. The molecular formula is C19H22N2O3S3. The highest BCUT2D eigenvalue weighted by Crippen LogP contribution is 2.21. The Bertz CT molecular complexity index is 1080. The minimum Gasteiger partial charge on any atom is -0.299 e. The zero-order valence-corrected chi connectivity index (χ0v) is 17.7. The van der Waals surface area contributed by atoms with Gasteiger partial charge in [-0.25, -0.2) is 13.1 Å². The van der Waals surface area contributed by atoms with E-state index in [9.17, 15) is 13.2 Å². The molecule has 0 aliphatic carbocycles. The number of aromatic nitrogens is 1. The number of hydrogen-bond donors (Lipinski definition) is 1. The second-order valence-electron chi connectivity index (χ2n) is 6.18.